The zero-order valence-electron chi connectivity index (χ0n) is 17.0. The fraction of sp³-hybridized carbons (Fsp3) is 0.286. The highest BCUT2D eigenvalue weighted by Gasteiger charge is 2.14. The van der Waals surface area contributed by atoms with Gasteiger partial charge in [-0.2, -0.15) is 8.78 Å². The van der Waals surface area contributed by atoms with E-state index in [2.05, 4.69) is 10.1 Å². The highest BCUT2D eigenvalue weighted by atomic mass is 19.3. The molecule has 0 aliphatic heterocycles. The van der Waals surface area contributed by atoms with Crippen LogP contribution in [-0.4, -0.2) is 40.5 Å². The number of carbonyl (C=O) groups excluding carboxylic acids is 1. The molecule has 1 N–H and O–H groups in total. The van der Waals surface area contributed by atoms with Crippen molar-refractivity contribution in [3.63, 3.8) is 0 Å². The van der Waals surface area contributed by atoms with E-state index < -0.39 is 12.5 Å². The van der Waals surface area contributed by atoms with Gasteiger partial charge in [0.1, 0.15) is 0 Å². The third-order valence-corrected chi connectivity index (χ3v) is 3.84. The predicted molar refractivity (Wildman–Crippen MR) is 108 cm³/mol. The average Bonchev–Trinajstić information content (AvgIpc) is 2.72. The van der Waals surface area contributed by atoms with Crippen LogP contribution < -0.4 is 29.0 Å². The molecule has 0 bridgehead atoms. The molecule has 0 aliphatic rings. The standard InChI is InChI=1S/C21H23F2NO6/c1-5-29-16-10-13(6-8-15(16)30-21(22)23)7-9-19(25)24-14-11-17(26-2)20(28-4)18(12-14)27-3/h6-12,21H,5H2,1-4H3,(H,24,25)/b9-7+. The van der Waals surface area contributed by atoms with Gasteiger partial charge >= 0.3 is 6.61 Å². The van der Waals surface area contributed by atoms with Crippen LogP contribution in [0.5, 0.6) is 28.7 Å². The first-order valence-electron chi connectivity index (χ1n) is 8.92. The molecule has 2 aromatic carbocycles. The van der Waals surface area contributed by atoms with Gasteiger partial charge in [0.25, 0.3) is 0 Å². The molecule has 2 aromatic rings. The van der Waals surface area contributed by atoms with Gasteiger partial charge in [0.15, 0.2) is 23.0 Å². The topological polar surface area (TPSA) is 75.3 Å². The van der Waals surface area contributed by atoms with Crippen LogP contribution >= 0.6 is 0 Å². The number of hydrogen-bond acceptors (Lipinski definition) is 6. The van der Waals surface area contributed by atoms with Gasteiger partial charge in [0.2, 0.25) is 11.7 Å². The van der Waals surface area contributed by atoms with Crippen molar-refractivity contribution in [3.8, 4) is 28.7 Å². The van der Waals surface area contributed by atoms with E-state index in [4.69, 9.17) is 18.9 Å². The van der Waals surface area contributed by atoms with Crippen LogP contribution in [0.3, 0.4) is 0 Å². The van der Waals surface area contributed by atoms with E-state index in [9.17, 15) is 13.6 Å². The molecule has 30 heavy (non-hydrogen) atoms. The van der Waals surface area contributed by atoms with Crippen LogP contribution in [0.15, 0.2) is 36.4 Å². The Labute approximate surface area is 173 Å². The Kier molecular flexibility index (Phi) is 8.28. The minimum atomic E-state index is -2.96. The number of carbonyl (C=O) groups is 1. The van der Waals surface area contributed by atoms with E-state index in [0.29, 0.717) is 28.5 Å². The molecule has 0 saturated heterocycles. The zero-order valence-corrected chi connectivity index (χ0v) is 17.0. The summed E-state index contributed by atoms with van der Waals surface area (Å²) in [7, 11) is 4.43. The largest absolute Gasteiger partial charge is 0.493 e. The molecular weight excluding hydrogens is 400 g/mol. The molecular formula is C21H23F2NO6. The Morgan fingerprint density at radius 2 is 1.67 bits per heavy atom. The maximum absolute atomic E-state index is 12.5. The van der Waals surface area contributed by atoms with Gasteiger partial charge in [0, 0.05) is 23.9 Å². The van der Waals surface area contributed by atoms with E-state index in [-0.39, 0.29) is 18.1 Å². The van der Waals surface area contributed by atoms with E-state index in [0.717, 1.165) is 0 Å². The number of halogens is 2. The molecule has 1 amide bonds. The molecule has 0 fully saturated rings. The lowest BCUT2D eigenvalue weighted by Crippen LogP contribution is -2.08. The normalized spacial score (nSPS) is 10.8. The van der Waals surface area contributed by atoms with Crippen molar-refractivity contribution < 1.29 is 37.3 Å². The predicted octanol–water partition coefficient (Wildman–Crippen LogP) is 4.36. The third-order valence-electron chi connectivity index (χ3n) is 3.84. The van der Waals surface area contributed by atoms with Gasteiger partial charge in [-0.15, -0.1) is 0 Å². The molecule has 0 unspecified atom stereocenters. The Hall–Kier alpha value is -3.49. The molecule has 0 saturated carbocycles. The van der Waals surface area contributed by atoms with E-state index in [1.54, 1.807) is 19.1 Å². The molecule has 0 aliphatic carbocycles. The van der Waals surface area contributed by atoms with Crippen LogP contribution in [0.4, 0.5) is 14.5 Å². The van der Waals surface area contributed by atoms with Gasteiger partial charge in [-0.1, -0.05) is 6.07 Å². The van der Waals surface area contributed by atoms with Crippen molar-refractivity contribution in [1.29, 1.82) is 0 Å². The number of methoxy groups -OCH3 is 3. The lowest BCUT2D eigenvalue weighted by molar-refractivity contribution is -0.111. The quantitative estimate of drug-likeness (QED) is 0.572. The second-order valence-corrected chi connectivity index (χ2v) is 5.75. The maximum atomic E-state index is 12.5. The summed E-state index contributed by atoms with van der Waals surface area (Å²) in [5.41, 5.74) is 1.01. The second kappa shape index (κ2) is 10.9. The summed E-state index contributed by atoms with van der Waals surface area (Å²) in [6, 6.07) is 7.58. The lowest BCUT2D eigenvalue weighted by Gasteiger charge is -2.14. The Morgan fingerprint density at radius 1 is 1.00 bits per heavy atom. The first-order valence-corrected chi connectivity index (χ1v) is 8.92. The molecule has 0 spiro atoms. The Bertz CT molecular complexity index is 876. The van der Waals surface area contributed by atoms with E-state index in [1.165, 1.54) is 51.7 Å². The third kappa shape index (κ3) is 6.00. The first kappa shape index (κ1) is 22.8. The van der Waals surface area contributed by atoms with Crippen LogP contribution in [0.25, 0.3) is 6.08 Å². The van der Waals surface area contributed by atoms with Gasteiger partial charge in [0.05, 0.1) is 27.9 Å². The number of ether oxygens (including phenoxy) is 5. The van der Waals surface area contributed by atoms with Gasteiger partial charge in [-0.3, -0.25) is 4.79 Å². The number of amides is 1. The van der Waals surface area contributed by atoms with Crippen LogP contribution in [0.1, 0.15) is 12.5 Å². The molecule has 0 radical (unpaired) electrons. The minimum absolute atomic E-state index is 0.0779. The molecule has 7 nitrogen and oxygen atoms in total. The number of rotatable bonds is 10. The lowest BCUT2D eigenvalue weighted by atomic mass is 10.2. The van der Waals surface area contributed by atoms with Gasteiger partial charge in [-0.25, -0.2) is 0 Å². The number of hydrogen-bond donors (Lipinski definition) is 1. The molecule has 2 rings (SSSR count). The smallest absolute Gasteiger partial charge is 0.387 e. The van der Waals surface area contributed by atoms with Crippen LogP contribution in [-0.2, 0) is 4.79 Å². The van der Waals surface area contributed by atoms with Crippen molar-refractivity contribution >= 4 is 17.7 Å². The Morgan fingerprint density at radius 3 is 2.20 bits per heavy atom. The molecule has 0 atom stereocenters. The van der Waals surface area contributed by atoms with Crippen molar-refractivity contribution in [2.75, 3.05) is 33.3 Å². The van der Waals surface area contributed by atoms with Gasteiger partial charge in [-0.05, 0) is 30.7 Å². The molecule has 0 heterocycles. The zero-order chi connectivity index (χ0) is 22.1. The SMILES string of the molecule is CCOc1cc(/C=C/C(=O)Nc2cc(OC)c(OC)c(OC)c2)ccc1OC(F)F. The molecule has 9 heteroatoms. The Balaban J connectivity index is 2.17. The fourth-order valence-corrected chi connectivity index (χ4v) is 2.60. The monoisotopic (exact) mass is 423 g/mol. The molecule has 162 valence electrons. The minimum Gasteiger partial charge on any atom is -0.493 e. The highest BCUT2D eigenvalue weighted by molar-refractivity contribution is 6.02. The first-order chi connectivity index (χ1) is 14.4. The second-order valence-electron chi connectivity index (χ2n) is 5.75. The van der Waals surface area contributed by atoms with Crippen molar-refractivity contribution in [2.24, 2.45) is 0 Å². The van der Waals surface area contributed by atoms with E-state index in [1.807, 2.05) is 0 Å². The van der Waals surface area contributed by atoms with Crippen molar-refractivity contribution in [2.45, 2.75) is 13.5 Å². The number of benzene rings is 2. The van der Waals surface area contributed by atoms with Crippen molar-refractivity contribution in [3.05, 3.63) is 42.0 Å². The summed E-state index contributed by atoms with van der Waals surface area (Å²) in [5.74, 6) is 0.855. The molecule has 0 aromatic heterocycles. The summed E-state index contributed by atoms with van der Waals surface area (Å²) < 4.78 is 50.5. The number of anilines is 1. The van der Waals surface area contributed by atoms with Crippen LogP contribution in [0, 0.1) is 0 Å². The summed E-state index contributed by atoms with van der Waals surface area (Å²) >= 11 is 0. The summed E-state index contributed by atoms with van der Waals surface area (Å²) in [6.07, 6.45) is 2.81. The number of nitrogens with one attached hydrogen (secondary N) is 1. The number of alkyl halides is 2. The van der Waals surface area contributed by atoms with Gasteiger partial charge < -0.3 is 29.0 Å². The van der Waals surface area contributed by atoms with Crippen LogP contribution in [0.2, 0.25) is 0 Å². The van der Waals surface area contributed by atoms with E-state index >= 15 is 0 Å². The maximum Gasteiger partial charge on any atom is 0.387 e. The fourth-order valence-electron chi connectivity index (χ4n) is 2.60. The summed E-state index contributed by atoms with van der Waals surface area (Å²) in [5, 5.41) is 2.69. The summed E-state index contributed by atoms with van der Waals surface area (Å²) in [4.78, 5) is 12.3. The average molecular weight is 423 g/mol. The highest BCUT2D eigenvalue weighted by Crippen LogP contribution is 2.40. The summed E-state index contributed by atoms with van der Waals surface area (Å²) in [6.45, 7) is -0.969. The van der Waals surface area contributed by atoms with Crippen molar-refractivity contribution in [1.82, 2.24) is 0 Å².